The van der Waals surface area contributed by atoms with Gasteiger partial charge in [0.2, 0.25) is 0 Å². The normalized spacial score (nSPS) is 21.5. The fourth-order valence-corrected chi connectivity index (χ4v) is 7.10. The maximum atomic E-state index is 12.2. The molecule has 2 atom stereocenters. The van der Waals surface area contributed by atoms with Gasteiger partial charge in [-0.15, -0.1) is 0 Å². The van der Waals surface area contributed by atoms with E-state index in [0.29, 0.717) is 34.4 Å². The summed E-state index contributed by atoms with van der Waals surface area (Å²) in [5.74, 6) is 1.58. The van der Waals surface area contributed by atoms with Crippen LogP contribution in [0.5, 0.6) is 11.5 Å². The van der Waals surface area contributed by atoms with E-state index in [1.807, 2.05) is 24.3 Å². The van der Waals surface area contributed by atoms with Crippen molar-refractivity contribution in [1.82, 2.24) is 0 Å². The molecule has 2 aliphatic carbocycles. The third-order valence-electron chi connectivity index (χ3n) is 10.1. The van der Waals surface area contributed by atoms with Crippen LogP contribution in [0.4, 0.5) is 11.4 Å². The van der Waals surface area contributed by atoms with Crippen molar-refractivity contribution in [1.29, 1.82) is 0 Å². The molecule has 0 N–H and O–H groups in total. The summed E-state index contributed by atoms with van der Waals surface area (Å²) in [6.45, 7) is 8.83. The second-order valence-electron chi connectivity index (χ2n) is 14.8. The number of nitrogens with zero attached hydrogens (tertiary/aromatic N) is 2. The van der Waals surface area contributed by atoms with Crippen LogP contribution in [0.2, 0.25) is 0 Å². The molecule has 0 spiro atoms. The predicted octanol–water partition coefficient (Wildman–Crippen LogP) is 7.98. The summed E-state index contributed by atoms with van der Waals surface area (Å²) in [7, 11) is 0. The highest BCUT2D eigenvalue weighted by Crippen LogP contribution is 2.40. The van der Waals surface area contributed by atoms with Crippen molar-refractivity contribution in [2.24, 2.45) is 22.7 Å². The first-order valence-corrected chi connectivity index (χ1v) is 17.4. The smallest absolute Gasteiger partial charge is 0.258 e. The summed E-state index contributed by atoms with van der Waals surface area (Å²) in [5.41, 5.74) is 3.11. The average Bonchev–Trinajstić information content (AvgIpc) is 3.62. The van der Waals surface area contributed by atoms with Crippen molar-refractivity contribution < 1.29 is 28.7 Å². The summed E-state index contributed by atoms with van der Waals surface area (Å²) < 4.78 is 12.4. The minimum absolute atomic E-state index is 0.187. The topological polar surface area (TPSA) is 93.2 Å². The molecule has 0 radical (unpaired) electrons. The fraction of sp³-hybridized carbons (Fsp3) is 0.227. The van der Waals surface area contributed by atoms with Crippen LogP contribution in [-0.2, 0) is 32.0 Å². The predicted molar refractivity (Wildman–Crippen MR) is 200 cm³/mol. The second kappa shape index (κ2) is 13.6. The minimum atomic E-state index is -0.364. The zero-order valence-corrected chi connectivity index (χ0v) is 29.6. The molecular weight excluding hydrogens is 652 g/mol. The fourth-order valence-electron chi connectivity index (χ4n) is 7.10. The van der Waals surface area contributed by atoms with Crippen molar-refractivity contribution in [3.05, 3.63) is 156 Å². The SMILES string of the molecule is CC1(C)C=C(Oc2cccc(N3C(=O)C=CC3=O)c2)C=CC1Cc1cccc(CC2C=CC(Oc3cccc(N4C(=O)C=CC4=O)c3)=CC2(C)C)c1. The molecule has 262 valence electrons. The van der Waals surface area contributed by atoms with Crippen LogP contribution < -0.4 is 19.3 Å². The van der Waals surface area contributed by atoms with Crippen LogP contribution in [0.15, 0.2) is 145 Å². The molecule has 7 rings (SSSR count). The van der Waals surface area contributed by atoms with Crippen LogP contribution in [0.3, 0.4) is 0 Å². The van der Waals surface area contributed by atoms with Gasteiger partial charge < -0.3 is 9.47 Å². The van der Waals surface area contributed by atoms with Crippen LogP contribution in [-0.4, -0.2) is 23.6 Å². The number of imide groups is 2. The Kier molecular flexibility index (Phi) is 9.01. The van der Waals surface area contributed by atoms with Gasteiger partial charge in [-0.1, -0.05) is 76.2 Å². The van der Waals surface area contributed by atoms with Crippen LogP contribution in [0, 0.1) is 22.7 Å². The molecule has 4 amide bonds. The van der Waals surface area contributed by atoms with Crippen molar-refractivity contribution >= 4 is 35.0 Å². The number of hydrogen-bond acceptors (Lipinski definition) is 6. The first kappa shape index (κ1) is 34.4. The summed E-state index contributed by atoms with van der Waals surface area (Å²) in [6.07, 6.45) is 19.5. The molecule has 8 heteroatoms. The van der Waals surface area contributed by atoms with Gasteiger partial charge in [0.25, 0.3) is 23.6 Å². The number of rotatable bonds is 10. The molecule has 2 heterocycles. The van der Waals surface area contributed by atoms with Crippen LogP contribution in [0.25, 0.3) is 0 Å². The summed E-state index contributed by atoms with van der Waals surface area (Å²) >= 11 is 0. The Morgan fingerprint density at radius 3 is 1.29 bits per heavy atom. The van der Waals surface area contributed by atoms with E-state index in [-0.39, 0.29) is 46.3 Å². The second-order valence-corrected chi connectivity index (χ2v) is 14.8. The van der Waals surface area contributed by atoms with E-state index < -0.39 is 0 Å². The minimum Gasteiger partial charge on any atom is -0.458 e. The van der Waals surface area contributed by atoms with E-state index in [1.54, 1.807) is 36.4 Å². The number of hydrogen-bond donors (Lipinski definition) is 0. The van der Waals surface area contributed by atoms with Crippen molar-refractivity contribution in [3.8, 4) is 11.5 Å². The maximum Gasteiger partial charge on any atom is 0.258 e. The van der Waals surface area contributed by atoms with Crippen LogP contribution >= 0.6 is 0 Å². The lowest BCUT2D eigenvalue weighted by molar-refractivity contribution is -0.121. The first-order chi connectivity index (χ1) is 24.8. The lowest BCUT2D eigenvalue weighted by Gasteiger charge is -2.34. The van der Waals surface area contributed by atoms with Gasteiger partial charge in [-0.3, -0.25) is 19.2 Å². The molecule has 0 saturated heterocycles. The van der Waals surface area contributed by atoms with Crippen molar-refractivity contribution in [2.45, 2.75) is 40.5 Å². The van der Waals surface area contributed by atoms with E-state index in [0.717, 1.165) is 22.6 Å². The molecule has 2 unspecified atom stereocenters. The Labute approximate surface area is 303 Å². The van der Waals surface area contributed by atoms with Gasteiger partial charge in [-0.05, 0) is 95.2 Å². The summed E-state index contributed by atoms with van der Waals surface area (Å²) in [4.78, 5) is 50.9. The Morgan fingerprint density at radius 1 is 0.519 bits per heavy atom. The molecule has 0 fully saturated rings. The number of ether oxygens (including phenoxy) is 2. The number of anilines is 2. The molecule has 2 aliphatic heterocycles. The highest BCUT2D eigenvalue weighted by Gasteiger charge is 2.32. The lowest BCUT2D eigenvalue weighted by Crippen LogP contribution is -2.29. The summed E-state index contributed by atoms with van der Waals surface area (Å²) in [5, 5.41) is 0. The third-order valence-corrected chi connectivity index (χ3v) is 10.1. The maximum absolute atomic E-state index is 12.2. The zero-order chi connectivity index (χ0) is 36.6. The third kappa shape index (κ3) is 7.23. The molecule has 0 aromatic heterocycles. The van der Waals surface area contributed by atoms with Gasteiger partial charge in [-0.2, -0.15) is 0 Å². The standard InChI is InChI=1S/C44H40N2O6/c1-43(2)27-37(51-35-12-6-10-33(25-35)45-39(47)18-19-40(45)48)16-14-31(43)23-29-8-5-9-30(22-29)24-32-15-17-38(28-44(32,3)4)52-36-13-7-11-34(26-36)46-41(49)20-21-42(46)50/h5-22,25-28,31-32H,23-24H2,1-4H3. The monoisotopic (exact) mass is 692 g/mol. The van der Waals surface area contributed by atoms with Crippen molar-refractivity contribution in [2.75, 3.05) is 9.80 Å². The number of allylic oxidation sites excluding steroid dienone is 6. The van der Waals surface area contributed by atoms with E-state index in [2.05, 4.69) is 76.3 Å². The Morgan fingerprint density at radius 2 is 0.904 bits per heavy atom. The molecule has 4 aliphatic rings. The van der Waals surface area contributed by atoms with E-state index >= 15 is 0 Å². The quantitative estimate of drug-likeness (QED) is 0.200. The summed E-state index contributed by atoms with van der Waals surface area (Å²) in [6, 6.07) is 22.8. The van der Waals surface area contributed by atoms with E-state index in [4.69, 9.17) is 9.47 Å². The Hall–Kier alpha value is -6.02. The Balaban J connectivity index is 0.974. The van der Waals surface area contributed by atoms with Gasteiger partial charge in [0.15, 0.2) is 0 Å². The van der Waals surface area contributed by atoms with Crippen molar-refractivity contribution in [3.63, 3.8) is 0 Å². The average molecular weight is 693 g/mol. The number of benzene rings is 3. The number of carbonyl (C=O) groups is 4. The largest absolute Gasteiger partial charge is 0.458 e. The van der Waals surface area contributed by atoms with Gasteiger partial charge in [0.05, 0.1) is 11.4 Å². The lowest BCUT2D eigenvalue weighted by atomic mass is 9.72. The first-order valence-electron chi connectivity index (χ1n) is 17.4. The molecular formula is C44H40N2O6. The van der Waals surface area contributed by atoms with Crippen LogP contribution in [0.1, 0.15) is 38.8 Å². The van der Waals surface area contributed by atoms with E-state index in [1.165, 1.54) is 35.4 Å². The number of amides is 4. The molecule has 8 nitrogen and oxygen atoms in total. The van der Waals surface area contributed by atoms with Gasteiger partial charge in [0.1, 0.15) is 23.0 Å². The zero-order valence-electron chi connectivity index (χ0n) is 29.6. The van der Waals surface area contributed by atoms with Gasteiger partial charge >= 0.3 is 0 Å². The molecule has 0 saturated carbocycles. The highest BCUT2D eigenvalue weighted by atomic mass is 16.5. The van der Waals surface area contributed by atoms with Gasteiger partial charge in [0, 0.05) is 36.4 Å². The molecule has 52 heavy (non-hydrogen) atoms. The molecule has 0 bridgehead atoms. The Bertz CT molecular complexity index is 1980. The van der Waals surface area contributed by atoms with E-state index in [9.17, 15) is 19.2 Å². The van der Waals surface area contributed by atoms with Gasteiger partial charge in [-0.25, -0.2) is 9.80 Å². The number of carbonyl (C=O) groups excluding carboxylic acids is 4. The molecule has 3 aromatic carbocycles. The molecule has 3 aromatic rings. The highest BCUT2D eigenvalue weighted by molar-refractivity contribution is 6.28.